The smallest absolute Gasteiger partial charge is 0.267 e. The van der Waals surface area contributed by atoms with Gasteiger partial charge in [-0.2, -0.15) is 0 Å². The number of H-pyrrole nitrogens is 1. The van der Waals surface area contributed by atoms with Gasteiger partial charge < -0.3 is 34.4 Å². The summed E-state index contributed by atoms with van der Waals surface area (Å²) in [6.45, 7) is 6.52. The number of furan rings is 1. The molecule has 1 amide bonds. The Morgan fingerprint density at radius 1 is 1.09 bits per heavy atom. The van der Waals surface area contributed by atoms with Crippen molar-refractivity contribution in [2.45, 2.75) is 44.4 Å². The van der Waals surface area contributed by atoms with E-state index in [2.05, 4.69) is 20.1 Å². The van der Waals surface area contributed by atoms with Gasteiger partial charge in [0.1, 0.15) is 18.1 Å². The normalized spacial score (nSPS) is 19.0. The summed E-state index contributed by atoms with van der Waals surface area (Å²) in [6, 6.07) is 9.74. The number of aliphatic hydroxyl groups is 1. The van der Waals surface area contributed by atoms with E-state index in [4.69, 9.17) is 9.15 Å². The Labute approximate surface area is 199 Å². The fraction of sp³-hybridized carbons (Fsp3) is 0.500. The van der Waals surface area contributed by atoms with Crippen molar-refractivity contribution >= 4 is 16.8 Å². The number of likely N-dealkylation sites (tertiary alicyclic amines) is 2. The van der Waals surface area contributed by atoms with Crippen LogP contribution in [0.25, 0.3) is 10.9 Å². The molecule has 1 aromatic carbocycles. The average molecular weight is 467 g/mol. The van der Waals surface area contributed by atoms with Gasteiger partial charge in [-0.15, -0.1) is 0 Å². The van der Waals surface area contributed by atoms with Gasteiger partial charge in [-0.3, -0.25) is 4.79 Å². The van der Waals surface area contributed by atoms with Crippen LogP contribution < -0.4 is 10.1 Å². The first kappa shape index (κ1) is 23.0. The highest BCUT2D eigenvalue weighted by molar-refractivity contribution is 5.99. The van der Waals surface area contributed by atoms with Crippen molar-refractivity contribution in [2.75, 3.05) is 39.3 Å². The first-order chi connectivity index (χ1) is 16.6. The lowest BCUT2D eigenvalue weighted by atomic mass is 10.0. The van der Waals surface area contributed by atoms with Crippen LogP contribution in [0.1, 0.15) is 41.7 Å². The zero-order valence-electron chi connectivity index (χ0n) is 19.5. The molecule has 2 aromatic heterocycles. The van der Waals surface area contributed by atoms with Crippen LogP contribution in [0.2, 0.25) is 0 Å². The molecule has 0 aliphatic carbocycles. The summed E-state index contributed by atoms with van der Waals surface area (Å²) >= 11 is 0. The maximum absolute atomic E-state index is 12.9. The van der Waals surface area contributed by atoms with E-state index in [1.165, 1.54) is 0 Å². The third-order valence-corrected chi connectivity index (χ3v) is 7.06. The lowest BCUT2D eigenvalue weighted by molar-refractivity contribution is 0.0729. The summed E-state index contributed by atoms with van der Waals surface area (Å²) in [5, 5.41) is 13.8. The van der Waals surface area contributed by atoms with E-state index in [-0.39, 0.29) is 18.1 Å². The molecular formula is C26H34N4O4. The van der Waals surface area contributed by atoms with Crippen LogP contribution in [0.5, 0.6) is 5.75 Å². The molecule has 2 fully saturated rings. The molecule has 34 heavy (non-hydrogen) atoms. The molecule has 0 unspecified atom stereocenters. The zero-order chi connectivity index (χ0) is 23.3. The van der Waals surface area contributed by atoms with Gasteiger partial charge >= 0.3 is 0 Å². The van der Waals surface area contributed by atoms with E-state index in [0.29, 0.717) is 12.3 Å². The van der Waals surface area contributed by atoms with Crippen LogP contribution in [0, 0.1) is 0 Å². The highest BCUT2D eigenvalue weighted by Gasteiger charge is 2.23. The highest BCUT2D eigenvalue weighted by Crippen LogP contribution is 2.27. The van der Waals surface area contributed by atoms with Crippen molar-refractivity contribution in [3.8, 4) is 5.75 Å². The van der Waals surface area contributed by atoms with Crippen molar-refractivity contribution in [1.29, 1.82) is 0 Å². The molecule has 2 saturated heterocycles. The fourth-order valence-electron chi connectivity index (χ4n) is 4.90. The standard InChI is InChI=1S/C26H34N4O4/c31-21-6-11-30(12-7-21)14-13-29-9-4-20(5-10-29)27-26(32)24-16-22-23(28-24)2-1-3-25(22)34-18-19-8-15-33-17-19/h1-3,8,15-17,20-21,28,31H,4-7,9-14,18H2,(H,27,32). The zero-order valence-corrected chi connectivity index (χ0v) is 19.5. The molecule has 0 bridgehead atoms. The summed E-state index contributed by atoms with van der Waals surface area (Å²) in [7, 11) is 0. The van der Waals surface area contributed by atoms with Crippen LogP contribution in [0.4, 0.5) is 0 Å². The van der Waals surface area contributed by atoms with E-state index in [1.807, 2.05) is 30.3 Å². The van der Waals surface area contributed by atoms with Crippen LogP contribution in [0.15, 0.2) is 47.3 Å². The molecule has 3 aromatic rings. The second-order valence-electron chi connectivity index (χ2n) is 9.48. The van der Waals surface area contributed by atoms with Crippen LogP contribution >= 0.6 is 0 Å². The monoisotopic (exact) mass is 466 g/mol. The lowest BCUT2D eigenvalue weighted by Crippen LogP contribution is -2.47. The summed E-state index contributed by atoms with van der Waals surface area (Å²) in [6.07, 6.45) is 6.88. The Balaban J connectivity index is 1.11. The summed E-state index contributed by atoms with van der Waals surface area (Å²) in [4.78, 5) is 21.1. The quantitative estimate of drug-likeness (QED) is 0.473. The minimum absolute atomic E-state index is 0.0673. The number of rotatable bonds is 8. The molecule has 2 aliphatic rings. The van der Waals surface area contributed by atoms with E-state index in [9.17, 15) is 9.90 Å². The third-order valence-electron chi connectivity index (χ3n) is 7.06. The minimum atomic E-state index is -0.117. The van der Waals surface area contributed by atoms with Crippen molar-refractivity contribution in [1.82, 2.24) is 20.1 Å². The number of ether oxygens (including phenoxy) is 1. The Bertz CT molecular complexity index is 1060. The molecule has 0 atom stereocenters. The molecular weight excluding hydrogens is 432 g/mol. The Kier molecular flexibility index (Phi) is 7.18. The molecule has 8 heteroatoms. The van der Waals surface area contributed by atoms with Crippen molar-refractivity contribution in [3.63, 3.8) is 0 Å². The van der Waals surface area contributed by atoms with Gasteiger partial charge in [0.25, 0.3) is 5.91 Å². The summed E-state index contributed by atoms with van der Waals surface area (Å²) in [5.41, 5.74) is 2.41. The van der Waals surface area contributed by atoms with E-state index < -0.39 is 0 Å². The SMILES string of the molecule is O=C(NC1CCN(CCN2CCC(O)CC2)CC1)c1cc2c(OCc3ccoc3)cccc2[nH]1. The van der Waals surface area contributed by atoms with Crippen LogP contribution in [-0.2, 0) is 6.61 Å². The van der Waals surface area contributed by atoms with Gasteiger partial charge in [0.05, 0.1) is 18.6 Å². The number of carbonyl (C=O) groups is 1. The van der Waals surface area contributed by atoms with Gasteiger partial charge in [-0.25, -0.2) is 0 Å². The number of amides is 1. The second kappa shape index (κ2) is 10.6. The van der Waals surface area contributed by atoms with Crippen LogP contribution in [0.3, 0.4) is 0 Å². The molecule has 0 saturated carbocycles. The van der Waals surface area contributed by atoms with Crippen molar-refractivity contribution in [2.24, 2.45) is 0 Å². The van der Waals surface area contributed by atoms with Gasteiger partial charge in [-0.1, -0.05) is 6.07 Å². The van der Waals surface area contributed by atoms with E-state index in [1.54, 1.807) is 12.5 Å². The predicted molar refractivity (Wildman–Crippen MR) is 130 cm³/mol. The first-order valence-corrected chi connectivity index (χ1v) is 12.3. The van der Waals surface area contributed by atoms with E-state index >= 15 is 0 Å². The van der Waals surface area contributed by atoms with Crippen molar-refractivity contribution in [3.05, 3.63) is 54.1 Å². The molecule has 4 heterocycles. The number of hydrogen-bond acceptors (Lipinski definition) is 6. The molecule has 5 rings (SSSR count). The number of benzene rings is 1. The molecule has 0 spiro atoms. The highest BCUT2D eigenvalue weighted by atomic mass is 16.5. The number of aromatic amines is 1. The Hall–Kier alpha value is -2.81. The van der Waals surface area contributed by atoms with Crippen LogP contribution in [-0.4, -0.2) is 77.2 Å². The lowest BCUT2D eigenvalue weighted by Gasteiger charge is -2.35. The summed E-state index contributed by atoms with van der Waals surface area (Å²) < 4.78 is 11.1. The largest absolute Gasteiger partial charge is 0.488 e. The van der Waals surface area contributed by atoms with Gasteiger partial charge in [0.15, 0.2) is 0 Å². The topological polar surface area (TPSA) is 94.0 Å². The number of aromatic nitrogens is 1. The number of carbonyl (C=O) groups excluding carboxylic acids is 1. The molecule has 182 valence electrons. The summed E-state index contributed by atoms with van der Waals surface area (Å²) in [5.74, 6) is 0.674. The number of nitrogens with one attached hydrogen (secondary N) is 2. The Morgan fingerprint density at radius 3 is 2.53 bits per heavy atom. The van der Waals surface area contributed by atoms with E-state index in [0.717, 1.165) is 87.2 Å². The number of nitrogens with zero attached hydrogens (tertiary/aromatic N) is 2. The maximum Gasteiger partial charge on any atom is 0.267 e. The third kappa shape index (κ3) is 5.63. The van der Waals surface area contributed by atoms with Gasteiger partial charge in [0, 0.05) is 61.8 Å². The predicted octanol–water partition coefficient (Wildman–Crippen LogP) is 2.99. The van der Waals surface area contributed by atoms with Crippen molar-refractivity contribution < 1.29 is 19.1 Å². The molecule has 0 radical (unpaired) electrons. The number of fused-ring (bicyclic) bond motifs is 1. The number of aliphatic hydroxyl groups excluding tert-OH is 1. The average Bonchev–Trinajstić information content (AvgIpc) is 3.53. The Morgan fingerprint density at radius 2 is 1.82 bits per heavy atom. The first-order valence-electron chi connectivity index (χ1n) is 12.3. The fourth-order valence-corrected chi connectivity index (χ4v) is 4.90. The molecule has 3 N–H and O–H groups in total. The van der Waals surface area contributed by atoms with Gasteiger partial charge in [-0.05, 0) is 49.9 Å². The number of hydrogen-bond donors (Lipinski definition) is 3. The minimum Gasteiger partial charge on any atom is -0.488 e. The molecule has 8 nitrogen and oxygen atoms in total. The number of piperidine rings is 2. The molecule has 2 aliphatic heterocycles. The second-order valence-corrected chi connectivity index (χ2v) is 9.48. The van der Waals surface area contributed by atoms with Gasteiger partial charge in [0.2, 0.25) is 0 Å². The maximum atomic E-state index is 12.9.